The second kappa shape index (κ2) is 8.84. The van der Waals surface area contributed by atoms with Crippen molar-refractivity contribution in [2.45, 2.75) is 6.54 Å². The molecule has 8 nitrogen and oxygen atoms in total. The van der Waals surface area contributed by atoms with Crippen molar-refractivity contribution in [3.05, 3.63) is 62.9 Å². The van der Waals surface area contributed by atoms with Crippen LogP contribution >= 0.6 is 0 Å². The number of amides is 1. The van der Waals surface area contributed by atoms with Crippen LogP contribution in [0.4, 0.5) is 0 Å². The lowest BCUT2D eigenvalue weighted by atomic mass is 10.3. The van der Waals surface area contributed by atoms with Crippen LogP contribution in [0.1, 0.15) is 5.69 Å². The quantitative estimate of drug-likeness (QED) is 0.668. The van der Waals surface area contributed by atoms with Crippen molar-refractivity contribution in [2.75, 3.05) is 19.8 Å². The fraction of sp³-hybridized carbons (Fsp3) is 0.353. The van der Waals surface area contributed by atoms with E-state index in [4.69, 9.17) is 9.47 Å². The Bertz CT molecular complexity index is 826. The third-order valence-electron chi connectivity index (χ3n) is 3.56. The lowest BCUT2D eigenvalue weighted by molar-refractivity contribution is -0.126. The molecule has 0 atom stereocenters. The summed E-state index contributed by atoms with van der Waals surface area (Å²) in [5.74, 6) is 0.398. The van der Waals surface area contributed by atoms with Gasteiger partial charge in [-0.05, 0) is 12.1 Å². The molecule has 1 aromatic carbocycles. The highest BCUT2D eigenvalue weighted by Gasteiger charge is 2.07. The third kappa shape index (κ3) is 5.32. The first-order valence-corrected chi connectivity index (χ1v) is 7.77. The van der Waals surface area contributed by atoms with Gasteiger partial charge in [0.25, 0.3) is 5.56 Å². The van der Waals surface area contributed by atoms with Gasteiger partial charge >= 0.3 is 5.69 Å². The molecule has 2 rings (SSSR count). The maximum absolute atomic E-state index is 11.8. The second-order valence-electron chi connectivity index (χ2n) is 5.37. The predicted octanol–water partition coefficient (Wildman–Crippen LogP) is -0.204. The SMILES string of the molecule is Cn1c(CNC(=O)COCCOc2ccccc2)cc(=O)n(C)c1=O. The Morgan fingerprint density at radius 3 is 2.52 bits per heavy atom. The normalized spacial score (nSPS) is 10.5. The van der Waals surface area contributed by atoms with Gasteiger partial charge in [0, 0.05) is 25.9 Å². The fourth-order valence-corrected chi connectivity index (χ4v) is 2.09. The lowest BCUT2D eigenvalue weighted by Crippen LogP contribution is -2.39. The zero-order chi connectivity index (χ0) is 18.2. The minimum Gasteiger partial charge on any atom is -0.491 e. The Kier molecular flexibility index (Phi) is 6.53. The van der Waals surface area contributed by atoms with Crippen molar-refractivity contribution in [2.24, 2.45) is 14.1 Å². The smallest absolute Gasteiger partial charge is 0.330 e. The van der Waals surface area contributed by atoms with E-state index in [-0.39, 0.29) is 25.7 Å². The van der Waals surface area contributed by atoms with Gasteiger partial charge in [-0.1, -0.05) is 18.2 Å². The maximum Gasteiger partial charge on any atom is 0.330 e. The molecule has 0 unspecified atom stereocenters. The van der Waals surface area contributed by atoms with Gasteiger partial charge < -0.3 is 14.8 Å². The van der Waals surface area contributed by atoms with Crippen LogP contribution in [0.15, 0.2) is 46.0 Å². The van der Waals surface area contributed by atoms with Crippen LogP contribution in [0.3, 0.4) is 0 Å². The second-order valence-corrected chi connectivity index (χ2v) is 5.37. The van der Waals surface area contributed by atoms with E-state index < -0.39 is 11.2 Å². The number of hydrogen-bond donors (Lipinski definition) is 1. The first kappa shape index (κ1) is 18.5. The molecule has 2 aromatic rings. The number of nitrogens with one attached hydrogen (secondary N) is 1. The first-order chi connectivity index (χ1) is 12.0. The van der Waals surface area contributed by atoms with E-state index in [0.717, 1.165) is 10.3 Å². The Morgan fingerprint density at radius 2 is 1.80 bits per heavy atom. The molecule has 25 heavy (non-hydrogen) atoms. The summed E-state index contributed by atoms with van der Waals surface area (Å²) in [6, 6.07) is 10.6. The number of para-hydroxylation sites is 1. The summed E-state index contributed by atoms with van der Waals surface area (Å²) in [5, 5.41) is 2.61. The van der Waals surface area contributed by atoms with E-state index in [2.05, 4.69) is 5.32 Å². The molecule has 0 aliphatic rings. The summed E-state index contributed by atoms with van der Waals surface area (Å²) in [6.07, 6.45) is 0. The number of rotatable bonds is 8. The molecule has 0 radical (unpaired) electrons. The molecule has 0 fully saturated rings. The van der Waals surface area contributed by atoms with Crippen LogP contribution in [0, 0.1) is 0 Å². The number of carbonyl (C=O) groups excluding carboxylic acids is 1. The van der Waals surface area contributed by atoms with Gasteiger partial charge in [0.15, 0.2) is 0 Å². The van der Waals surface area contributed by atoms with Crippen LogP contribution in [-0.2, 0) is 30.2 Å². The standard InChI is InChI=1S/C17H21N3O5/c1-19-13(10-16(22)20(2)17(19)23)11-18-15(21)12-24-8-9-25-14-6-4-3-5-7-14/h3-7,10H,8-9,11-12H2,1-2H3,(H,18,21). The molecule has 0 saturated carbocycles. The minimum absolute atomic E-state index is 0.0739. The molecule has 0 saturated heterocycles. The Hall–Kier alpha value is -2.87. The number of aromatic nitrogens is 2. The molecular formula is C17H21N3O5. The molecule has 0 aliphatic heterocycles. The summed E-state index contributed by atoms with van der Waals surface area (Å²) in [7, 11) is 2.94. The van der Waals surface area contributed by atoms with Crippen molar-refractivity contribution in [3.63, 3.8) is 0 Å². The van der Waals surface area contributed by atoms with E-state index in [1.165, 1.54) is 17.7 Å². The zero-order valence-electron chi connectivity index (χ0n) is 14.2. The van der Waals surface area contributed by atoms with Crippen molar-refractivity contribution >= 4 is 5.91 Å². The van der Waals surface area contributed by atoms with Crippen molar-refractivity contribution < 1.29 is 14.3 Å². The molecule has 134 valence electrons. The average molecular weight is 347 g/mol. The number of benzene rings is 1. The van der Waals surface area contributed by atoms with Crippen LogP contribution < -0.4 is 21.3 Å². The Balaban J connectivity index is 1.71. The summed E-state index contributed by atoms with van der Waals surface area (Å²) in [4.78, 5) is 35.2. The zero-order valence-corrected chi connectivity index (χ0v) is 14.2. The fourth-order valence-electron chi connectivity index (χ4n) is 2.09. The molecule has 0 aliphatic carbocycles. The van der Waals surface area contributed by atoms with Crippen molar-refractivity contribution in [3.8, 4) is 5.75 Å². The van der Waals surface area contributed by atoms with E-state index in [1.807, 2.05) is 30.3 Å². The van der Waals surface area contributed by atoms with Gasteiger partial charge in [0.1, 0.15) is 19.0 Å². The molecule has 1 heterocycles. The monoisotopic (exact) mass is 347 g/mol. The number of carbonyl (C=O) groups is 1. The molecule has 1 amide bonds. The van der Waals surface area contributed by atoms with E-state index >= 15 is 0 Å². The van der Waals surface area contributed by atoms with Gasteiger partial charge in [-0.3, -0.25) is 18.7 Å². The number of hydrogen-bond acceptors (Lipinski definition) is 5. The highest BCUT2D eigenvalue weighted by molar-refractivity contribution is 5.77. The van der Waals surface area contributed by atoms with Gasteiger partial charge in [-0.15, -0.1) is 0 Å². The highest BCUT2D eigenvalue weighted by atomic mass is 16.5. The van der Waals surface area contributed by atoms with E-state index in [9.17, 15) is 14.4 Å². The topological polar surface area (TPSA) is 91.6 Å². The number of nitrogens with zero attached hydrogens (tertiary/aromatic N) is 2. The molecule has 8 heteroatoms. The van der Waals surface area contributed by atoms with Crippen molar-refractivity contribution in [1.29, 1.82) is 0 Å². The summed E-state index contributed by atoms with van der Waals surface area (Å²) < 4.78 is 13.0. The van der Waals surface area contributed by atoms with Crippen molar-refractivity contribution in [1.82, 2.24) is 14.5 Å². The van der Waals surface area contributed by atoms with Gasteiger partial charge in [0.2, 0.25) is 5.91 Å². The van der Waals surface area contributed by atoms with E-state index in [0.29, 0.717) is 12.3 Å². The Morgan fingerprint density at radius 1 is 1.08 bits per heavy atom. The predicted molar refractivity (Wildman–Crippen MR) is 91.5 cm³/mol. The largest absolute Gasteiger partial charge is 0.491 e. The molecule has 0 bridgehead atoms. The van der Waals surface area contributed by atoms with E-state index in [1.54, 1.807) is 7.05 Å². The minimum atomic E-state index is -0.439. The first-order valence-electron chi connectivity index (χ1n) is 7.77. The lowest BCUT2D eigenvalue weighted by Gasteiger charge is -2.11. The number of ether oxygens (including phenoxy) is 2. The van der Waals surface area contributed by atoms with Gasteiger partial charge in [0.05, 0.1) is 13.2 Å². The van der Waals surface area contributed by atoms with Crippen LogP contribution in [-0.4, -0.2) is 34.9 Å². The molecular weight excluding hydrogens is 326 g/mol. The average Bonchev–Trinajstić information content (AvgIpc) is 2.62. The molecule has 1 N–H and O–H groups in total. The Labute approximate surface area is 144 Å². The summed E-state index contributed by atoms with van der Waals surface area (Å²) in [6.45, 7) is 0.550. The summed E-state index contributed by atoms with van der Waals surface area (Å²) >= 11 is 0. The van der Waals surface area contributed by atoms with Gasteiger partial charge in [-0.2, -0.15) is 0 Å². The molecule has 0 spiro atoms. The summed E-state index contributed by atoms with van der Waals surface area (Å²) in [5.41, 5.74) is -0.429. The third-order valence-corrected chi connectivity index (χ3v) is 3.56. The maximum atomic E-state index is 11.8. The molecule has 1 aromatic heterocycles. The van der Waals surface area contributed by atoms with Crippen LogP contribution in [0.2, 0.25) is 0 Å². The van der Waals surface area contributed by atoms with Gasteiger partial charge in [-0.25, -0.2) is 4.79 Å². The highest BCUT2D eigenvalue weighted by Crippen LogP contribution is 2.07. The van der Waals surface area contributed by atoms with Crippen LogP contribution in [0.5, 0.6) is 5.75 Å². The van der Waals surface area contributed by atoms with Crippen LogP contribution in [0.25, 0.3) is 0 Å².